The van der Waals surface area contributed by atoms with Gasteiger partial charge in [-0.25, -0.2) is 0 Å². The fourth-order valence-corrected chi connectivity index (χ4v) is 1.67. The summed E-state index contributed by atoms with van der Waals surface area (Å²) in [5.41, 5.74) is 1.90. The Balaban J connectivity index is 2.79. The highest BCUT2D eigenvalue weighted by molar-refractivity contribution is 6.23. The van der Waals surface area contributed by atoms with E-state index in [2.05, 4.69) is 5.32 Å². The molecule has 0 aliphatic heterocycles. The summed E-state index contributed by atoms with van der Waals surface area (Å²) in [7, 11) is 3.20. The summed E-state index contributed by atoms with van der Waals surface area (Å²) in [4.78, 5) is 21.0. The zero-order valence-electron chi connectivity index (χ0n) is 10.8. The van der Waals surface area contributed by atoms with Crippen LogP contribution in [0.15, 0.2) is 12.1 Å². The number of hydrogen-bond donors (Lipinski definition) is 1. The van der Waals surface area contributed by atoms with Gasteiger partial charge < -0.3 is 14.8 Å². The van der Waals surface area contributed by atoms with Crippen LogP contribution in [0.3, 0.4) is 0 Å². The van der Waals surface area contributed by atoms with E-state index >= 15 is 0 Å². The topological polar surface area (TPSA) is 64.6 Å². The maximum Gasteiger partial charge on any atom is 0.284 e. The van der Waals surface area contributed by atoms with Crippen LogP contribution in [0.5, 0.6) is 11.5 Å². The molecule has 1 rings (SSSR count). The lowest BCUT2D eigenvalue weighted by atomic mass is 10.1. The molecule has 98 valence electrons. The van der Waals surface area contributed by atoms with Crippen molar-refractivity contribution in [1.82, 2.24) is 5.32 Å². The standard InChI is InChI=1S/C13H17NO4/c1-9-6-12(18-3)10(7-11(9)17-2)4-5-14-13(16)8-15/h6-8H,4-5H2,1-3H3,(H,14,16). The first-order valence-corrected chi connectivity index (χ1v) is 5.57. The molecule has 0 saturated carbocycles. The van der Waals surface area contributed by atoms with E-state index in [1.165, 1.54) is 0 Å². The maximum absolute atomic E-state index is 10.8. The molecule has 0 fully saturated rings. The predicted molar refractivity (Wildman–Crippen MR) is 67.1 cm³/mol. The number of aryl methyl sites for hydroxylation is 1. The minimum atomic E-state index is -0.618. The molecule has 0 heterocycles. The number of carbonyl (C=O) groups is 2. The smallest absolute Gasteiger partial charge is 0.284 e. The molecule has 18 heavy (non-hydrogen) atoms. The molecule has 0 bridgehead atoms. The maximum atomic E-state index is 10.8. The third-order valence-corrected chi connectivity index (χ3v) is 2.60. The molecular formula is C13H17NO4. The van der Waals surface area contributed by atoms with E-state index < -0.39 is 5.91 Å². The second-order valence-electron chi connectivity index (χ2n) is 3.79. The van der Waals surface area contributed by atoms with Crippen molar-refractivity contribution in [3.63, 3.8) is 0 Å². The van der Waals surface area contributed by atoms with E-state index in [0.717, 1.165) is 22.6 Å². The number of rotatable bonds is 6. The van der Waals surface area contributed by atoms with Crippen LogP contribution in [0.2, 0.25) is 0 Å². The average molecular weight is 251 g/mol. The first-order chi connectivity index (χ1) is 8.62. The van der Waals surface area contributed by atoms with Gasteiger partial charge in [0.2, 0.25) is 6.29 Å². The summed E-state index contributed by atoms with van der Waals surface area (Å²) in [5.74, 6) is 0.897. The summed E-state index contributed by atoms with van der Waals surface area (Å²) in [6.45, 7) is 2.31. The van der Waals surface area contributed by atoms with Crippen molar-refractivity contribution in [2.75, 3.05) is 20.8 Å². The van der Waals surface area contributed by atoms with E-state index in [4.69, 9.17) is 9.47 Å². The molecule has 0 aromatic heterocycles. The van der Waals surface area contributed by atoms with Crippen LogP contribution in [0, 0.1) is 6.92 Å². The van der Waals surface area contributed by atoms with E-state index in [-0.39, 0.29) is 6.29 Å². The highest BCUT2D eigenvalue weighted by Crippen LogP contribution is 2.28. The molecule has 0 aliphatic rings. The zero-order valence-corrected chi connectivity index (χ0v) is 10.8. The Morgan fingerprint density at radius 2 is 1.94 bits per heavy atom. The van der Waals surface area contributed by atoms with E-state index in [0.29, 0.717) is 13.0 Å². The van der Waals surface area contributed by atoms with Crippen LogP contribution >= 0.6 is 0 Å². The molecule has 0 aliphatic carbocycles. The van der Waals surface area contributed by atoms with Gasteiger partial charge in [-0.1, -0.05) is 0 Å². The molecule has 1 aromatic rings. The lowest BCUT2D eigenvalue weighted by Crippen LogP contribution is -2.26. The van der Waals surface area contributed by atoms with Gasteiger partial charge in [0.25, 0.3) is 5.91 Å². The van der Waals surface area contributed by atoms with Crippen molar-refractivity contribution >= 4 is 12.2 Å². The molecule has 0 radical (unpaired) electrons. The fourth-order valence-electron chi connectivity index (χ4n) is 1.67. The van der Waals surface area contributed by atoms with Gasteiger partial charge in [-0.3, -0.25) is 9.59 Å². The Labute approximate surface area is 106 Å². The number of hydrogen-bond acceptors (Lipinski definition) is 4. The quantitative estimate of drug-likeness (QED) is 0.602. The molecule has 5 nitrogen and oxygen atoms in total. The van der Waals surface area contributed by atoms with Crippen LogP contribution in [-0.2, 0) is 16.0 Å². The van der Waals surface area contributed by atoms with Crippen LogP contribution in [-0.4, -0.2) is 33.0 Å². The highest BCUT2D eigenvalue weighted by atomic mass is 16.5. The Morgan fingerprint density at radius 3 is 2.50 bits per heavy atom. The molecule has 1 N–H and O–H groups in total. The van der Waals surface area contributed by atoms with E-state index in [9.17, 15) is 9.59 Å². The number of methoxy groups -OCH3 is 2. The van der Waals surface area contributed by atoms with E-state index in [1.54, 1.807) is 14.2 Å². The van der Waals surface area contributed by atoms with Crippen molar-refractivity contribution in [1.29, 1.82) is 0 Å². The summed E-state index contributed by atoms with van der Waals surface area (Å²) < 4.78 is 10.5. The predicted octanol–water partition coefficient (Wildman–Crippen LogP) is 0.870. The summed E-state index contributed by atoms with van der Waals surface area (Å²) in [6, 6.07) is 3.76. The lowest BCUT2D eigenvalue weighted by molar-refractivity contribution is -0.131. The van der Waals surface area contributed by atoms with Crippen LogP contribution in [0.25, 0.3) is 0 Å². The van der Waals surface area contributed by atoms with Crippen molar-refractivity contribution < 1.29 is 19.1 Å². The second kappa shape index (κ2) is 6.64. The lowest BCUT2D eigenvalue weighted by Gasteiger charge is -2.13. The fraction of sp³-hybridized carbons (Fsp3) is 0.385. The van der Waals surface area contributed by atoms with Crippen LogP contribution in [0.1, 0.15) is 11.1 Å². The normalized spacial score (nSPS) is 9.72. The summed E-state index contributed by atoms with van der Waals surface area (Å²) >= 11 is 0. The Bertz CT molecular complexity index is 443. The molecule has 1 amide bonds. The van der Waals surface area contributed by atoms with Crippen LogP contribution in [0.4, 0.5) is 0 Å². The van der Waals surface area contributed by atoms with Gasteiger partial charge in [-0.05, 0) is 36.6 Å². The van der Waals surface area contributed by atoms with Crippen molar-refractivity contribution in [3.05, 3.63) is 23.3 Å². The van der Waals surface area contributed by atoms with E-state index in [1.807, 2.05) is 19.1 Å². The molecule has 0 saturated heterocycles. The Hall–Kier alpha value is -2.04. The van der Waals surface area contributed by atoms with Gasteiger partial charge >= 0.3 is 0 Å². The minimum Gasteiger partial charge on any atom is -0.496 e. The van der Waals surface area contributed by atoms with Crippen molar-refractivity contribution in [2.45, 2.75) is 13.3 Å². The molecule has 0 unspecified atom stereocenters. The zero-order chi connectivity index (χ0) is 13.5. The molecule has 5 heteroatoms. The molecular weight excluding hydrogens is 234 g/mol. The third-order valence-electron chi connectivity index (χ3n) is 2.60. The summed E-state index contributed by atoms with van der Waals surface area (Å²) in [6.07, 6.45) is 0.826. The number of aldehydes is 1. The SMILES string of the molecule is COc1cc(CCNC(=O)C=O)c(OC)cc1C. The largest absolute Gasteiger partial charge is 0.496 e. The van der Waals surface area contributed by atoms with Gasteiger partial charge in [0.1, 0.15) is 11.5 Å². The number of nitrogens with one attached hydrogen (secondary N) is 1. The second-order valence-corrected chi connectivity index (χ2v) is 3.79. The number of amides is 1. The minimum absolute atomic E-state index is 0.257. The first kappa shape index (κ1) is 14.0. The Morgan fingerprint density at radius 1 is 1.28 bits per heavy atom. The number of carbonyl (C=O) groups excluding carboxylic acids is 2. The number of ether oxygens (including phenoxy) is 2. The van der Waals surface area contributed by atoms with Gasteiger partial charge in [0.05, 0.1) is 14.2 Å². The average Bonchev–Trinajstić information content (AvgIpc) is 2.39. The number of benzene rings is 1. The molecule has 1 aromatic carbocycles. The van der Waals surface area contributed by atoms with Gasteiger partial charge in [-0.2, -0.15) is 0 Å². The van der Waals surface area contributed by atoms with Gasteiger partial charge in [-0.15, -0.1) is 0 Å². The molecule has 0 atom stereocenters. The summed E-state index contributed by atoms with van der Waals surface area (Å²) in [5, 5.41) is 2.48. The van der Waals surface area contributed by atoms with Crippen molar-refractivity contribution in [2.24, 2.45) is 0 Å². The van der Waals surface area contributed by atoms with Gasteiger partial charge in [0.15, 0.2) is 0 Å². The highest BCUT2D eigenvalue weighted by Gasteiger charge is 2.08. The third kappa shape index (κ3) is 3.48. The van der Waals surface area contributed by atoms with Crippen LogP contribution < -0.4 is 14.8 Å². The van der Waals surface area contributed by atoms with Gasteiger partial charge in [0, 0.05) is 6.54 Å². The first-order valence-electron chi connectivity index (χ1n) is 5.57. The monoisotopic (exact) mass is 251 g/mol. The van der Waals surface area contributed by atoms with Crippen molar-refractivity contribution in [3.8, 4) is 11.5 Å². The Kier molecular flexibility index (Phi) is 5.17. The molecule has 0 spiro atoms.